The minimum absolute atomic E-state index is 0.00988. The quantitative estimate of drug-likeness (QED) is 0.522. The third-order valence-corrected chi connectivity index (χ3v) is 7.92. The van der Waals surface area contributed by atoms with Crippen LogP contribution in [-0.2, 0) is 27.6 Å². The molecule has 164 valence electrons. The fraction of sp³-hybridized carbons (Fsp3) is 0.375. The number of halogens is 1. The Hall–Kier alpha value is -2.31. The largest absolute Gasteiger partial charge is 0.464 e. The van der Waals surface area contributed by atoms with E-state index in [1.54, 1.807) is 23.3 Å². The summed E-state index contributed by atoms with van der Waals surface area (Å²) in [5.41, 5.74) is 3.67. The highest BCUT2D eigenvalue weighted by molar-refractivity contribution is 7.91. The Balaban J connectivity index is 1.62. The second-order valence-electron chi connectivity index (χ2n) is 8.55. The van der Waals surface area contributed by atoms with Gasteiger partial charge in [0.25, 0.3) is 0 Å². The SMILES string of the molecule is CC(C)c1ccc2occ(CC(=O)N(Cc3ccc(Cl)cc3)[C@@H]3CCS(=O)(=O)C3)c2c1. The van der Waals surface area contributed by atoms with Crippen molar-refractivity contribution in [3.05, 3.63) is 70.4 Å². The van der Waals surface area contributed by atoms with E-state index in [-0.39, 0.29) is 29.9 Å². The van der Waals surface area contributed by atoms with Crippen molar-refractivity contribution in [1.29, 1.82) is 0 Å². The summed E-state index contributed by atoms with van der Waals surface area (Å²) in [6, 6.07) is 13.0. The molecule has 0 saturated carbocycles. The third kappa shape index (κ3) is 4.96. The van der Waals surface area contributed by atoms with Crippen LogP contribution >= 0.6 is 11.6 Å². The van der Waals surface area contributed by atoms with E-state index >= 15 is 0 Å². The van der Waals surface area contributed by atoms with E-state index in [2.05, 4.69) is 19.9 Å². The Bertz CT molecular complexity index is 1200. The van der Waals surface area contributed by atoms with Gasteiger partial charge in [-0.2, -0.15) is 0 Å². The first kappa shape index (κ1) is 21.9. The predicted octanol–water partition coefficient (Wildman–Crippen LogP) is 4.97. The molecule has 0 unspecified atom stereocenters. The summed E-state index contributed by atoms with van der Waals surface area (Å²) in [4.78, 5) is 15.1. The van der Waals surface area contributed by atoms with Crippen molar-refractivity contribution in [2.75, 3.05) is 11.5 Å². The Morgan fingerprint density at radius 2 is 1.94 bits per heavy atom. The van der Waals surface area contributed by atoms with Gasteiger partial charge >= 0.3 is 0 Å². The summed E-state index contributed by atoms with van der Waals surface area (Å²) in [7, 11) is -3.12. The minimum atomic E-state index is -3.12. The van der Waals surface area contributed by atoms with Crippen molar-refractivity contribution >= 4 is 38.3 Å². The molecule has 1 aliphatic heterocycles. The van der Waals surface area contributed by atoms with Crippen LogP contribution in [0.4, 0.5) is 0 Å². The number of amides is 1. The van der Waals surface area contributed by atoms with Crippen molar-refractivity contribution in [3.8, 4) is 0 Å². The Morgan fingerprint density at radius 1 is 1.19 bits per heavy atom. The highest BCUT2D eigenvalue weighted by Gasteiger charge is 2.35. The summed E-state index contributed by atoms with van der Waals surface area (Å²) in [5, 5.41) is 1.56. The lowest BCUT2D eigenvalue weighted by atomic mass is 9.99. The Labute approximate surface area is 187 Å². The van der Waals surface area contributed by atoms with Gasteiger partial charge in [-0.05, 0) is 47.7 Å². The van der Waals surface area contributed by atoms with Gasteiger partial charge in [0, 0.05) is 28.6 Å². The first-order valence-corrected chi connectivity index (χ1v) is 12.7. The van der Waals surface area contributed by atoms with Crippen molar-refractivity contribution in [3.63, 3.8) is 0 Å². The summed E-state index contributed by atoms with van der Waals surface area (Å²) >= 11 is 5.99. The normalized spacial score (nSPS) is 18.0. The van der Waals surface area contributed by atoms with Crippen LogP contribution in [0.25, 0.3) is 11.0 Å². The van der Waals surface area contributed by atoms with Crippen LogP contribution in [0, 0.1) is 0 Å². The highest BCUT2D eigenvalue weighted by Crippen LogP contribution is 2.28. The number of hydrogen-bond acceptors (Lipinski definition) is 4. The molecular formula is C24H26ClNO4S. The number of sulfone groups is 1. The molecule has 2 aromatic carbocycles. The van der Waals surface area contributed by atoms with E-state index in [0.717, 1.165) is 22.1 Å². The van der Waals surface area contributed by atoms with Crippen LogP contribution in [0.5, 0.6) is 0 Å². The second-order valence-corrected chi connectivity index (χ2v) is 11.2. The lowest BCUT2D eigenvalue weighted by Crippen LogP contribution is -2.41. The average Bonchev–Trinajstić information content (AvgIpc) is 3.29. The molecule has 0 radical (unpaired) electrons. The van der Waals surface area contributed by atoms with Gasteiger partial charge < -0.3 is 9.32 Å². The monoisotopic (exact) mass is 459 g/mol. The van der Waals surface area contributed by atoms with E-state index in [4.69, 9.17) is 16.0 Å². The molecule has 0 aliphatic carbocycles. The highest BCUT2D eigenvalue weighted by atomic mass is 35.5. The molecule has 0 spiro atoms. The molecule has 3 aromatic rings. The first-order chi connectivity index (χ1) is 14.7. The van der Waals surface area contributed by atoms with E-state index in [0.29, 0.717) is 23.9 Å². The fourth-order valence-corrected chi connectivity index (χ4v) is 5.95. The van der Waals surface area contributed by atoms with Gasteiger partial charge in [-0.15, -0.1) is 0 Å². The van der Waals surface area contributed by atoms with Gasteiger partial charge in [0.1, 0.15) is 5.58 Å². The zero-order chi connectivity index (χ0) is 22.2. The van der Waals surface area contributed by atoms with Crippen molar-refractivity contribution in [2.24, 2.45) is 0 Å². The second kappa shape index (κ2) is 8.67. The first-order valence-electron chi connectivity index (χ1n) is 10.5. The molecule has 2 heterocycles. The molecule has 1 atom stereocenters. The van der Waals surface area contributed by atoms with Gasteiger partial charge in [-0.25, -0.2) is 8.42 Å². The van der Waals surface area contributed by atoms with E-state index < -0.39 is 9.84 Å². The number of furan rings is 1. The number of benzene rings is 2. The average molecular weight is 460 g/mol. The van der Waals surface area contributed by atoms with Crippen LogP contribution < -0.4 is 0 Å². The maximum Gasteiger partial charge on any atom is 0.227 e. The number of nitrogens with zero attached hydrogens (tertiary/aromatic N) is 1. The van der Waals surface area contributed by atoms with Gasteiger partial charge in [0.15, 0.2) is 9.84 Å². The fourth-order valence-electron chi connectivity index (χ4n) is 4.09. The number of carbonyl (C=O) groups is 1. The van der Waals surface area contributed by atoms with Crippen LogP contribution in [-0.4, -0.2) is 36.8 Å². The Kier molecular flexibility index (Phi) is 6.13. The number of rotatable bonds is 6. The molecule has 1 aromatic heterocycles. The van der Waals surface area contributed by atoms with Gasteiger partial charge in [-0.1, -0.05) is 43.6 Å². The molecule has 0 N–H and O–H groups in total. The smallest absolute Gasteiger partial charge is 0.227 e. The van der Waals surface area contributed by atoms with Crippen molar-refractivity contribution in [1.82, 2.24) is 4.90 Å². The summed E-state index contributed by atoms with van der Waals surface area (Å²) < 4.78 is 29.8. The molecule has 7 heteroatoms. The minimum Gasteiger partial charge on any atom is -0.464 e. The Morgan fingerprint density at radius 3 is 2.58 bits per heavy atom. The van der Waals surface area contributed by atoms with Crippen LogP contribution in [0.3, 0.4) is 0 Å². The number of carbonyl (C=O) groups excluding carboxylic acids is 1. The van der Waals surface area contributed by atoms with Gasteiger partial charge in [-0.3, -0.25) is 4.79 Å². The standard InChI is InChI=1S/C24H26ClNO4S/c1-16(2)18-5-8-23-22(11-18)19(14-30-23)12-24(27)26(21-9-10-31(28,29)15-21)13-17-3-6-20(25)7-4-17/h3-8,11,14,16,21H,9-10,12-13,15H2,1-2H3/t21-/m1/s1. The van der Waals surface area contributed by atoms with Crippen molar-refractivity contribution < 1.29 is 17.6 Å². The zero-order valence-electron chi connectivity index (χ0n) is 17.7. The molecule has 1 amide bonds. The molecule has 1 saturated heterocycles. The van der Waals surface area contributed by atoms with E-state index in [1.807, 2.05) is 24.3 Å². The molecule has 1 fully saturated rings. The molecule has 4 rings (SSSR count). The van der Waals surface area contributed by atoms with E-state index in [9.17, 15) is 13.2 Å². The zero-order valence-corrected chi connectivity index (χ0v) is 19.2. The maximum atomic E-state index is 13.4. The molecule has 1 aliphatic rings. The van der Waals surface area contributed by atoms with E-state index in [1.165, 1.54) is 5.56 Å². The lowest BCUT2D eigenvalue weighted by molar-refractivity contribution is -0.133. The van der Waals surface area contributed by atoms with Crippen LogP contribution in [0.2, 0.25) is 5.02 Å². The molecule has 0 bridgehead atoms. The topological polar surface area (TPSA) is 67.6 Å². The number of hydrogen-bond donors (Lipinski definition) is 0. The predicted molar refractivity (Wildman–Crippen MR) is 123 cm³/mol. The third-order valence-electron chi connectivity index (χ3n) is 5.92. The molecular weight excluding hydrogens is 434 g/mol. The molecule has 5 nitrogen and oxygen atoms in total. The van der Waals surface area contributed by atoms with Gasteiger partial charge in [0.05, 0.1) is 24.2 Å². The van der Waals surface area contributed by atoms with Gasteiger partial charge in [0.2, 0.25) is 5.91 Å². The van der Waals surface area contributed by atoms with Crippen LogP contribution in [0.1, 0.15) is 42.9 Å². The summed E-state index contributed by atoms with van der Waals surface area (Å²) in [5.74, 6) is 0.396. The maximum absolute atomic E-state index is 13.4. The lowest BCUT2D eigenvalue weighted by Gasteiger charge is -2.28. The van der Waals surface area contributed by atoms with Crippen molar-refractivity contribution in [2.45, 2.75) is 45.2 Å². The van der Waals surface area contributed by atoms with Crippen LogP contribution in [0.15, 0.2) is 53.1 Å². The summed E-state index contributed by atoms with van der Waals surface area (Å²) in [6.45, 7) is 4.60. The number of fused-ring (bicyclic) bond motifs is 1. The molecule has 31 heavy (non-hydrogen) atoms. The summed E-state index contributed by atoms with van der Waals surface area (Å²) in [6.07, 6.45) is 2.27.